The Kier molecular flexibility index (Phi) is 23.9. The fourth-order valence-electron chi connectivity index (χ4n) is 4.81. The highest BCUT2D eigenvalue weighted by Crippen LogP contribution is 2.10. The number of nitrogens with two attached hydrogens (primary N) is 3. The van der Waals surface area contributed by atoms with Crippen LogP contribution in [-0.2, 0) is 38.4 Å². The van der Waals surface area contributed by atoms with Crippen LogP contribution in [0, 0.1) is 11.8 Å². The summed E-state index contributed by atoms with van der Waals surface area (Å²) in [4.78, 5) is 101. The molecule has 20 nitrogen and oxygen atoms in total. The molecular formula is C32H59N9O11S. The minimum atomic E-state index is -1.67. The van der Waals surface area contributed by atoms with Gasteiger partial charge in [0, 0.05) is 12.2 Å². The lowest BCUT2D eigenvalue weighted by molar-refractivity contribution is -0.143. The summed E-state index contributed by atoms with van der Waals surface area (Å²) < 4.78 is 0. The number of aliphatic carboxylic acids is 1. The van der Waals surface area contributed by atoms with Gasteiger partial charge in [0.15, 0.2) is 0 Å². The number of hydrogen-bond donors (Lipinski definition) is 13. The second-order valence-corrected chi connectivity index (χ2v) is 13.8. The largest absolute Gasteiger partial charge is 0.480 e. The summed E-state index contributed by atoms with van der Waals surface area (Å²) >= 11 is 4.08. The van der Waals surface area contributed by atoms with Crippen molar-refractivity contribution in [2.24, 2.45) is 29.0 Å². The van der Waals surface area contributed by atoms with Gasteiger partial charge in [-0.25, -0.2) is 4.79 Å². The normalized spacial score (nSPS) is 15.2. The number of aliphatic hydroxyl groups excluding tert-OH is 2. The number of carbonyl (C=O) groups excluding carboxylic acids is 7. The fourth-order valence-corrected chi connectivity index (χ4v) is 5.07. The zero-order valence-corrected chi connectivity index (χ0v) is 31.7. The number of hydrogen-bond acceptors (Lipinski definition) is 13. The van der Waals surface area contributed by atoms with Crippen molar-refractivity contribution < 1.29 is 53.7 Å². The van der Waals surface area contributed by atoms with Crippen molar-refractivity contribution in [1.29, 1.82) is 0 Å². The van der Waals surface area contributed by atoms with Gasteiger partial charge in [0.25, 0.3) is 0 Å². The molecule has 0 aliphatic rings. The summed E-state index contributed by atoms with van der Waals surface area (Å²) in [5, 5.41) is 43.2. The topological polar surface area (TPSA) is 347 Å². The van der Waals surface area contributed by atoms with Gasteiger partial charge < -0.3 is 64.4 Å². The van der Waals surface area contributed by atoms with Gasteiger partial charge in [0.2, 0.25) is 41.4 Å². The van der Waals surface area contributed by atoms with Crippen LogP contribution in [-0.4, -0.2) is 130 Å². The monoisotopic (exact) mass is 777 g/mol. The molecule has 0 aromatic rings. The van der Waals surface area contributed by atoms with E-state index in [0.29, 0.717) is 19.4 Å². The number of carbonyl (C=O) groups is 8. The van der Waals surface area contributed by atoms with Crippen LogP contribution >= 0.6 is 12.6 Å². The third-order valence-electron chi connectivity index (χ3n) is 7.73. The molecule has 0 aliphatic carbocycles. The number of primary amides is 1. The first-order valence-electron chi connectivity index (χ1n) is 17.4. The van der Waals surface area contributed by atoms with E-state index in [4.69, 9.17) is 17.2 Å². The number of rotatable bonds is 27. The maximum atomic E-state index is 13.4. The molecule has 0 aromatic carbocycles. The number of aliphatic hydroxyl groups is 2. The summed E-state index contributed by atoms with van der Waals surface area (Å²) in [6.07, 6.45) is 0.969. The maximum absolute atomic E-state index is 13.4. The predicted octanol–water partition coefficient (Wildman–Crippen LogP) is -4.29. The van der Waals surface area contributed by atoms with Crippen LogP contribution in [0.1, 0.15) is 72.6 Å². The van der Waals surface area contributed by atoms with Gasteiger partial charge in [0.05, 0.1) is 19.3 Å². The van der Waals surface area contributed by atoms with Crippen molar-refractivity contribution in [2.45, 2.75) is 115 Å². The molecule has 304 valence electrons. The van der Waals surface area contributed by atoms with Crippen LogP contribution in [0.25, 0.3) is 0 Å². The smallest absolute Gasteiger partial charge is 0.326 e. The van der Waals surface area contributed by atoms with E-state index < -0.39 is 103 Å². The SMILES string of the molecule is CC(C)CC(NC(=O)C(CC(C)C)NC(=O)C(CCC(N)=O)NC(=O)C(CS)NC(=O)C(CO)NC(=O)C(CO)NC(=O)C(N)CCCCN)C(=O)O. The highest BCUT2D eigenvalue weighted by atomic mass is 32.1. The Morgan fingerprint density at radius 1 is 0.585 bits per heavy atom. The number of amides is 7. The van der Waals surface area contributed by atoms with Crippen LogP contribution in [0.2, 0.25) is 0 Å². The number of carboxylic acids is 1. The molecule has 0 rings (SSSR count). The minimum absolute atomic E-state index is 0.0709. The molecular weight excluding hydrogens is 718 g/mol. The first-order valence-corrected chi connectivity index (χ1v) is 18.1. The van der Waals surface area contributed by atoms with Crippen molar-refractivity contribution in [3.63, 3.8) is 0 Å². The summed E-state index contributed by atoms with van der Waals surface area (Å²) in [6.45, 7) is 5.66. The van der Waals surface area contributed by atoms with Gasteiger partial charge in [-0.05, 0) is 50.5 Å². The molecule has 7 atom stereocenters. The fraction of sp³-hybridized carbons (Fsp3) is 0.750. The van der Waals surface area contributed by atoms with Gasteiger partial charge in [-0.1, -0.05) is 34.1 Å². The standard InChI is InChI=1S/C32H59N9O11S/c1-16(2)11-20(28(47)38-21(32(51)52)12-17(3)4)37-27(46)19(8-9-25(35)44)36-31(50)24(15-53)41-30(49)23(14-43)40-29(48)22(13-42)39-26(45)18(34)7-5-6-10-33/h16-24,42-43,53H,5-15,33-34H2,1-4H3,(H2,35,44)(H,36,50)(H,37,46)(H,38,47)(H,39,45)(H,40,48)(H,41,49)(H,51,52). The highest BCUT2D eigenvalue weighted by molar-refractivity contribution is 7.80. The first-order chi connectivity index (χ1) is 24.8. The van der Waals surface area contributed by atoms with Crippen LogP contribution < -0.4 is 49.1 Å². The van der Waals surface area contributed by atoms with Gasteiger partial charge in [-0.15, -0.1) is 0 Å². The first kappa shape index (κ1) is 49.0. The van der Waals surface area contributed by atoms with Crippen molar-refractivity contribution >= 4 is 59.9 Å². The Morgan fingerprint density at radius 3 is 1.43 bits per heavy atom. The van der Waals surface area contributed by atoms with Gasteiger partial charge in [0.1, 0.15) is 36.3 Å². The average molecular weight is 778 g/mol. The van der Waals surface area contributed by atoms with Crippen LogP contribution in [0.15, 0.2) is 0 Å². The van der Waals surface area contributed by atoms with Crippen LogP contribution in [0.3, 0.4) is 0 Å². The Balaban J connectivity index is 5.83. The van der Waals surface area contributed by atoms with Gasteiger partial charge in [-0.2, -0.15) is 12.6 Å². The average Bonchev–Trinajstić information content (AvgIpc) is 3.08. The molecule has 0 bridgehead atoms. The van der Waals surface area contributed by atoms with E-state index in [0.717, 1.165) is 0 Å². The molecule has 0 heterocycles. The van der Waals surface area contributed by atoms with Crippen LogP contribution in [0.4, 0.5) is 0 Å². The third-order valence-corrected chi connectivity index (χ3v) is 8.09. The quantitative estimate of drug-likeness (QED) is 0.0278. The molecule has 53 heavy (non-hydrogen) atoms. The molecule has 0 radical (unpaired) electrons. The molecule has 15 N–H and O–H groups in total. The van der Waals surface area contributed by atoms with E-state index in [2.05, 4.69) is 44.5 Å². The van der Waals surface area contributed by atoms with E-state index in [9.17, 15) is 53.7 Å². The molecule has 21 heteroatoms. The van der Waals surface area contributed by atoms with E-state index >= 15 is 0 Å². The second kappa shape index (κ2) is 25.8. The summed E-state index contributed by atoms with van der Waals surface area (Å²) in [5.41, 5.74) is 16.5. The number of unbranched alkanes of at least 4 members (excludes halogenated alkanes) is 1. The zero-order chi connectivity index (χ0) is 40.8. The lowest BCUT2D eigenvalue weighted by Gasteiger charge is -2.27. The van der Waals surface area contributed by atoms with Crippen molar-refractivity contribution in [3.8, 4) is 0 Å². The van der Waals surface area contributed by atoms with Gasteiger partial charge in [-0.3, -0.25) is 33.6 Å². The second-order valence-electron chi connectivity index (χ2n) is 13.4. The number of thiol groups is 1. The van der Waals surface area contributed by atoms with Crippen LogP contribution in [0.5, 0.6) is 0 Å². The molecule has 0 saturated carbocycles. The molecule has 0 saturated heterocycles. The molecule has 7 amide bonds. The Bertz CT molecular complexity index is 1240. The Hall–Kier alpha value is -4.05. The Morgan fingerprint density at radius 2 is 0.981 bits per heavy atom. The maximum Gasteiger partial charge on any atom is 0.326 e. The predicted molar refractivity (Wildman–Crippen MR) is 195 cm³/mol. The molecule has 0 fully saturated rings. The number of carboxylic acid groups (broad SMARTS) is 1. The zero-order valence-electron chi connectivity index (χ0n) is 30.8. The summed E-state index contributed by atoms with van der Waals surface area (Å²) in [7, 11) is 0. The molecule has 0 aromatic heterocycles. The van der Waals surface area contributed by atoms with E-state index in [1.807, 2.05) is 0 Å². The molecule has 0 spiro atoms. The summed E-state index contributed by atoms with van der Waals surface area (Å²) in [5.74, 6) is -8.14. The van der Waals surface area contributed by atoms with Crippen molar-refractivity contribution in [1.82, 2.24) is 31.9 Å². The Labute approximate surface area is 314 Å². The summed E-state index contributed by atoms with van der Waals surface area (Å²) in [6, 6.07) is -9.59. The van der Waals surface area contributed by atoms with E-state index in [1.54, 1.807) is 27.7 Å². The van der Waals surface area contributed by atoms with Crippen molar-refractivity contribution in [2.75, 3.05) is 25.5 Å². The lowest BCUT2D eigenvalue weighted by Crippen LogP contribution is -2.61. The third kappa shape index (κ3) is 19.6. The van der Waals surface area contributed by atoms with E-state index in [1.165, 1.54) is 0 Å². The van der Waals surface area contributed by atoms with Crippen molar-refractivity contribution in [3.05, 3.63) is 0 Å². The van der Waals surface area contributed by atoms with E-state index in [-0.39, 0.29) is 49.7 Å². The molecule has 0 aliphatic heterocycles. The minimum Gasteiger partial charge on any atom is -0.480 e. The lowest BCUT2D eigenvalue weighted by atomic mass is 10.00. The van der Waals surface area contributed by atoms with Gasteiger partial charge >= 0.3 is 5.97 Å². The highest BCUT2D eigenvalue weighted by Gasteiger charge is 2.33. The number of nitrogens with one attached hydrogen (secondary N) is 6. The molecule has 7 unspecified atom stereocenters.